The molecule has 0 atom stereocenters. The molecule has 26 heavy (non-hydrogen) atoms. The van der Waals surface area contributed by atoms with Gasteiger partial charge in [-0.3, -0.25) is 0 Å². The normalized spacial score (nSPS) is 11.3. The molecule has 1 heterocycles. The van der Waals surface area contributed by atoms with Crippen LogP contribution in [-0.4, -0.2) is 36.3 Å². The molecule has 0 aliphatic rings. The summed E-state index contributed by atoms with van der Waals surface area (Å²) < 4.78 is 37.6. The van der Waals surface area contributed by atoms with Crippen molar-refractivity contribution in [1.29, 1.82) is 0 Å². The van der Waals surface area contributed by atoms with Crippen molar-refractivity contribution in [1.82, 2.24) is 14.2 Å². The quantitative estimate of drug-likeness (QED) is 0.633. The molecule has 0 unspecified atom stereocenters. The first-order valence-electron chi connectivity index (χ1n) is 8.11. The second-order valence-corrected chi connectivity index (χ2v) is 7.22. The van der Waals surface area contributed by atoms with E-state index in [1.807, 2.05) is 13.0 Å². The molecule has 0 radical (unpaired) electrons. The number of rotatable bonds is 7. The van der Waals surface area contributed by atoms with Crippen molar-refractivity contribution in [2.75, 3.05) is 13.7 Å². The smallest absolute Gasteiger partial charge is 0.337 e. The van der Waals surface area contributed by atoms with Crippen LogP contribution < -0.4 is 9.47 Å². The average molecular weight is 373 g/mol. The highest BCUT2D eigenvalue weighted by atomic mass is 32.2. The Kier molecular flexibility index (Phi) is 5.22. The lowest BCUT2D eigenvalue weighted by Crippen LogP contribution is -2.16. The van der Waals surface area contributed by atoms with Crippen LogP contribution in [0.5, 0.6) is 11.8 Å². The molecular weight excluding hydrogens is 354 g/mol. The Morgan fingerprint density at radius 3 is 2.35 bits per heavy atom. The van der Waals surface area contributed by atoms with Crippen molar-refractivity contribution < 1.29 is 17.9 Å². The predicted octanol–water partition coefficient (Wildman–Crippen LogP) is 2.98. The van der Waals surface area contributed by atoms with Gasteiger partial charge in [0.1, 0.15) is 5.75 Å². The van der Waals surface area contributed by atoms with Crippen LogP contribution in [0.2, 0.25) is 0 Å². The van der Waals surface area contributed by atoms with E-state index in [0.717, 1.165) is 10.5 Å². The van der Waals surface area contributed by atoms with E-state index in [2.05, 4.69) is 10.1 Å². The molecule has 3 aromatic rings. The third-order valence-electron chi connectivity index (χ3n) is 3.61. The maximum absolute atomic E-state index is 13.1. The van der Waals surface area contributed by atoms with Crippen LogP contribution in [0.25, 0.3) is 11.4 Å². The van der Waals surface area contributed by atoms with Gasteiger partial charge < -0.3 is 9.47 Å². The summed E-state index contributed by atoms with van der Waals surface area (Å²) in [5.74, 6) is 0.769. The number of hydrogen-bond acceptors (Lipinski definition) is 6. The lowest BCUT2D eigenvalue weighted by molar-refractivity contribution is 0.293. The van der Waals surface area contributed by atoms with Gasteiger partial charge in [0.15, 0.2) is 5.82 Å². The average Bonchev–Trinajstić information content (AvgIpc) is 3.12. The fourth-order valence-electron chi connectivity index (χ4n) is 2.31. The third kappa shape index (κ3) is 3.55. The van der Waals surface area contributed by atoms with E-state index in [4.69, 9.17) is 9.47 Å². The monoisotopic (exact) mass is 373 g/mol. The van der Waals surface area contributed by atoms with Crippen molar-refractivity contribution in [3.05, 3.63) is 54.6 Å². The number of methoxy groups -OCH3 is 1. The van der Waals surface area contributed by atoms with Gasteiger partial charge in [-0.2, -0.15) is 13.4 Å². The van der Waals surface area contributed by atoms with Crippen LogP contribution in [-0.2, 0) is 10.0 Å². The van der Waals surface area contributed by atoms with E-state index in [0.29, 0.717) is 17.9 Å². The molecule has 3 rings (SSSR count). The molecule has 0 aliphatic heterocycles. The Hall–Kier alpha value is -2.87. The molecule has 0 saturated carbocycles. The van der Waals surface area contributed by atoms with E-state index in [1.165, 1.54) is 19.2 Å². The van der Waals surface area contributed by atoms with E-state index in [9.17, 15) is 8.42 Å². The molecule has 0 bridgehead atoms. The first-order chi connectivity index (χ1) is 12.6. The van der Waals surface area contributed by atoms with Gasteiger partial charge in [0.05, 0.1) is 18.6 Å². The third-order valence-corrected chi connectivity index (χ3v) is 5.19. The molecule has 136 valence electrons. The van der Waals surface area contributed by atoms with E-state index < -0.39 is 10.0 Å². The number of aromatic nitrogens is 3. The largest absolute Gasteiger partial charge is 0.497 e. The second-order valence-electron chi connectivity index (χ2n) is 5.46. The first kappa shape index (κ1) is 17.9. The SMILES string of the molecule is CCCOc1nc(-c2ccccc2)n(S(=O)(=O)c2ccc(OC)cc2)n1. The Morgan fingerprint density at radius 2 is 1.73 bits per heavy atom. The molecule has 0 N–H and O–H groups in total. The lowest BCUT2D eigenvalue weighted by Gasteiger charge is -2.08. The topological polar surface area (TPSA) is 83.3 Å². The van der Waals surface area contributed by atoms with E-state index >= 15 is 0 Å². The molecule has 8 heteroatoms. The maximum atomic E-state index is 13.1. The summed E-state index contributed by atoms with van der Waals surface area (Å²) in [4.78, 5) is 4.35. The van der Waals surface area contributed by atoms with Crippen LogP contribution >= 0.6 is 0 Å². The molecule has 0 saturated heterocycles. The van der Waals surface area contributed by atoms with Gasteiger partial charge in [0, 0.05) is 5.56 Å². The van der Waals surface area contributed by atoms with Gasteiger partial charge >= 0.3 is 6.01 Å². The van der Waals surface area contributed by atoms with Crippen LogP contribution in [0.1, 0.15) is 13.3 Å². The van der Waals surface area contributed by atoms with Crippen molar-refractivity contribution in [3.8, 4) is 23.1 Å². The van der Waals surface area contributed by atoms with Crippen molar-refractivity contribution in [3.63, 3.8) is 0 Å². The predicted molar refractivity (Wildman–Crippen MR) is 96.8 cm³/mol. The number of benzene rings is 2. The standard InChI is InChI=1S/C18H19N3O4S/c1-3-13-25-18-19-17(14-7-5-4-6-8-14)21(20-18)26(22,23)16-11-9-15(24-2)10-12-16/h4-12H,3,13H2,1-2H3. The Balaban J connectivity index is 2.10. The Labute approximate surface area is 152 Å². The lowest BCUT2D eigenvalue weighted by atomic mass is 10.2. The molecule has 0 spiro atoms. The van der Waals surface area contributed by atoms with Crippen molar-refractivity contribution in [2.24, 2.45) is 0 Å². The number of ether oxygens (including phenoxy) is 2. The molecule has 0 fully saturated rings. The number of nitrogens with zero attached hydrogens (tertiary/aromatic N) is 3. The molecule has 2 aromatic carbocycles. The Morgan fingerprint density at radius 1 is 1.04 bits per heavy atom. The minimum absolute atomic E-state index is 0.0304. The van der Waals surface area contributed by atoms with E-state index in [1.54, 1.807) is 36.4 Å². The van der Waals surface area contributed by atoms with Crippen molar-refractivity contribution >= 4 is 10.0 Å². The molecule has 0 amide bonds. The summed E-state index contributed by atoms with van der Waals surface area (Å²) >= 11 is 0. The minimum atomic E-state index is -3.94. The zero-order valence-corrected chi connectivity index (χ0v) is 15.3. The van der Waals surface area contributed by atoms with Crippen LogP contribution in [0, 0.1) is 0 Å². The minimum Gasteiger partial charge on any atom is -0.497 e. The summed E-state index contributed by atoms with van der Waals surface area (Å²) in [5.41, 5.74) is 0.628. The second kappa shape index (κ2) is 7.57. The van der Waals surface area contributed by atoms with Crippen LogP contribution in [0.4, 0.5) is 0 Å². The summed E-state index contributed by atoms with van der Waals surface area (Å²) in [6.07, 6.45) is 0.764. The zero-order chi connectivity index (χ0) is 18.6. The van der Waals surface area contributed by atoms with Crippen LogP contribution in [0.15, 0.2) is 59.5 Å². The van der Waals surface area contributed by atoms with Crippen LogP contribution in [0.3, 0.4) is 0 Å². The molecule has 0 aliphatic carbocycles. The van der Waals surface area contributed by atoms with Gasteiger partial charge in [-0.05, 0) is 30.7 Å². The Bertz CT molecular complexity index is 967. The van der Waals surface area contributed by atoms with Gasteiger partial charge in [-0.15, -0.1) is 4.09 Å². The summed E-state index contributed by atoms with van der Waals surface area (Å²) in [6, 6.07) is 15.1. The highest BCUT2D eigenvalue weighted by Crippen LogP contribution is 2.25. The summed E-state index contributed by atoms with van der Waals surface area (Å²) in [7, 11) is -2.42. The zero-order valence-electron chi connectivity index (χ0n) is 14.5. The summed E-state index contributed by atoms with van der Waals surface area (Å²) in [5, 5.41) is 4.08. The van der Waals surface area contributed by atoms with Gasteiger partial charge in [-0.1, -0.05) is 42.4 Å². The van der Waals surface area contributed by atoms with Gasteiger partial charge in [0.25, 0.3) is 10.0 Å². The fraction of sp³-hybridized carbons (Fsp3) is 0.222. The van der Waals surface area contributed by atoms with Crippen molar-refractivity contribution in [2.45, 2.75) is 18.2 Å². The highest BCUT2D eigenvalue weighted by molar-refractivity contribution is 7.90. The van der Waals surface area contributed by atoms with E-state index in [-0.39, 0.29) is 16.7 Å². The molecular formula is C18H19N3O4S. The first-order valence-corrected chi connectivity index (χ1v) is 9.55. The number of hydrogen-bond donors (Lipinski definition) is 0. The van der Waals surface area contributed by atoms with Gasteiger partial charge in [0.2, 0.25) is 0 Å². The molecule has 1 aromatic heterocycles. The highest BCUT2D eigenvalue weighted by Gasteiger charge is 2.25. The fourth-order valence-corrected chi connectivity index (χ4v) is 3.54. The van der Waals surface area contributed by atoms with Gasteiger partial charge in [-0.25, -0.2) is 0 Å². The molecule has 7 nitrogen and oxygen atoms in total. The summed E-state index contributed by atoms with van der Waals surface area (Å²) in [6.45, 7) is 2.35. The maximum Gasteiger partial charge on any atom is 0.337 e.